The van der Waals surface area contributed by atoms with Crippen molar-refractivity contribution >= 4 is 39.2 Å². The number of carbonyl (C=O) groups is 1. The van der Waals surface area contributed by atoms with E-state index in [1.807, 2.05) is 50.2 Å². The summed E-state index contributed by atoms with van der Waals surface area (Å²) in [6, 6.07) is 10.9. The third kappa shape index (κ3) is 5.44. The van der Waals surface area contributed by atoms with Crippen LogP contribution in [0.1, 0.15) is 11.1 Å². The van der Waals surface area contributed by atoms with Gasteiger partial charge in [0, 0.05) is 15.2 Å². The number of carbonyl (C=O) groups excluding carboxylic acids is 1. The zero-order valence-corrected chi connectivity index (χ0v) is 15.3. The van der Waals surface area contributed by atoms with Crippen molar-refractivity contribution in [1.29, 1.82) is 0 Å². The molecule has 122 valence electrons. The number of aryl methyl sites for hydroxylation is 2. The van der Waals surface area contributed by atoms with E-state index in [0.29, 0.717) is 13.2 Å². The number of urea groups is 1. The van der Waals surface area contributed by atoms with Gasteiger partial charge in [0.2, 0.25) is 0 Å². The van der Waals surface area contributed by atoms with E-state index in [2.05, 4.69) is 26.6 Å². The van der Waals surface area contributed by atoms with Gasteiger partial charge in [-0.3, -0.25) is 0 Å². The van der Waals surface area contributed by atoms with Gasteiger partial charge in [0.05, 0.1) is 6.54 Å². The Morgan fingerprint density at radius 1 is 1.17 bits per heavy atom. The molecule has 0 radical (unpaired) electrons. The van der Waals surface area contributed by atoms with E-state index in [0.717, 1.165) is 32.1 Å². The van der Waals surface area contributed by atoms with Crippen molar-refractivity contribution in [2.45, 2.75) is 13.8 Å². The second-order valence-electron chi connectivity index (χ2n) is 5.11. The van der Waals surface area contributed by atoms with Gasteiger partial charge >= 0.3 is 6.03 Å². The molecule has 0 fully saturated rings. The zero-order chi connectivity index (χ0) is 16.8. The molecule has 23 heavy (non-hydrogen) atoms. The molecule has 2 amide bonds. The highest BCUT2D eigenvalue weighted by molar-refractivity contribution is 9.10. The Balaban J connectivity index is 1.74. The van der Waals surface area contributed by atoms with E-state index in [-0.39, 0.29) is 6.03 Å². The Bertz CT molecular complexity index is 666. The third-order valence-electron chi connectivity index (χ3n) is 3.17. The molecule has 4 nitrogen and oxygen atoms in total. The number of ether oxygens (including phenoxy) is 1. The molecule has 0 saturated carbocycles. The predicted octanol–water partition coefficient (Wildman–Crippen LogP) is 4.92. The first-order valence-corrected chi connectivity index (χ1v) is 8.33. The lowest BCUT2D eigenvalue weighted by atomic mass is 10.1. The summed E-state index contributed by atoms with van der Waals surface area (Å²) in [6.45, 7) is 4.66. The van der Waals surface area contributed by atoms with Crippen LogP contribution < -0.4 is 15.4 Å². The number of benzene rings is 2. The maximum atomic E-state index is 11.8. The van der Waals surface area contributed by atoms with Gasteiger partial charge < -0.3 is 15.4 Å². The van der Waals surface area contributed by atoms with Gasteiger partial charge in [0.1, 0.15) is 12.4 Å². The minimum absolute atomic E-state index is 0.264. The minimum atomic E-state index is -0.264. The number of rotatable bonds is 5. The maximum absolute atomic E-state index is 11.8. The molecule has 0 heterocycles. The molecule has 0 aliphatic heterocycles. The van der Waals surface area contributed by atoms with E-state index >= 15 is 0 Å². The SMILES string of the molecule is Cc1cc(OCCNC(=O)Nc2ccc(Br)cc2)cc(C)c1Cl. The summed E-state index contributed by atoms with van der Waals surface area (Å²) in [4.78, 5) is 11.8. The first-order chi connectivity index (χ1) is 11.0. The normalized spacial score (nSPS) is 10.3. The highest BCUT2D eigenvalue weighted by Crippen LogP contribution is 2.25. The Morgan fingerprint density at radius 3 is 2.39 bits per heavy atom. The van der Waals surface area contributed by atoms with Gasteiger partial charge in [0.15, 0.2) is 0 Å². The largest absolute Gasteiger partial charge is 0.492 e. The van der Waals surface area contributed by atoms with Crippen molar-refractivity contribution in [2.24, 2.45) is 0 Å². The molecule has 0 aliphatic rings. The van der Waals surface area contributed by atoms with Crippen molar-refractivity contribution in [1.82, 2.24) is 5.32 Å². The van der Waals surface area contributed by atoms with Crippen molar-refractivity contribution in [3.8, 4) is 5.75 Å². The summed E-state index contributed by atoms with van der Waals surface area (Å²) in [5, 5.41) is 6.25. The molecule has 0 bridgehead atoms. The highest BCUT2D eigenvalue weighted by atomic mass is 79.9. The van der Waals surface area contributed by atoms with Gasteiger partial charge in [-0.1, -0.05) is 27.5 Å². The molecule has 0 aliphatic carbocycles. The highest BCUT2D eigenvalue weighted by Gasteiger charge is 2.04. The van der Waals surface area contributed by atoms with Crippen molar-refractivity contribution < 1.29 is 9.53 Å². The average molecular weight is 398 g/mol. The lowest BCUT2D eigenvalue weighted by Gasteiger charge is -2.11. The van der Waals surface area contributed by atoms with Crippen LogP contribution in [0.5, 0.6) is 5.75 Å². The molecule has 0 aromatic heterocycles. The summed E-state index contributed by atoms with van der Waals surface area (Å²) < 4.78 is 6.60. The molecule has 6 heteroatoms. The smallest absolute Gasteiger partial charge is 0.319 e. The minimum Gasteiger partial charge on any atom is -0.492 e. The second kappa shape index (κ2) is 8.22. The summed E-state index contributed by atoms with van der Waals surface area (Å²) in [5.41, 5.74) is 2.68. The van der Waals surface area contributed by atoms with Crippen LogP contribution >= 0.6 is 27.5 Å². The first-order valence-electron chi connectivity index (χ1n) is 7.15. The van der Waals surface area contributed by atoms with Crippen LogP contribution in [0.4, 0.5) is 10.5 Å². The first kappa shape index (κ1) is 17.6. The van der Waals surface area contributed by atoms with E-state index in [4.69, 9.17) is 16.3 Å². The van der Waals surface area contributed by atoms with Crippen LogP contribution in [0.25, 0.3) is 0 Å². The van der Waals surface area contributed by atoms with E-state index < -0.39 is 0 Å². The Kier molecular flexibility index (Phi) is 6.30. The van der Waals surface area contributed by atoms with E-state index in [9.17, 15) is 4.79 Å². The second-order valence-corrected chi connectivity index (χ2v) is 6.40. The summed E-state index contributed by atoms with van der Waals surface area (Å²) in [7, 11) is 0. The monoisotopic (exact) mass is 396 g/mol. The molecular formula is C17H18BrClN2O2. The number of halogens is 2. The molecule has 0 atom stereocenters. The van der Waals surface area contributed by atoms with Crippen LogP contribution in [0, 0.1) is 13.8 Å². The number of amides is 2. The molecule has 2 aromatic carbocycles. The van der Waals surface area contributed by atoms with Crippen LogP contribution in [-0.2, 0) is 0 Å². The third-order valence-corrected chi connectivity index (χ3v) is 4.29. The molecule has 0 unspecified atom stereocenters. The fourth-order valence-electron chi connectivity index (χ4n) is 2.03. The van der Waals surface area contributed by atoms with Crippen LogP contribution in [-0.4, -0.2) is 19.2 Å². The quantitative estimate of drug-likeness (QED) is 0.704. The molecule has 2 rings (SSSR count). The lowest BCUT2D eigenvalue weighted by Crippen LogP contribution is -2.32. The van der Waals surface area contributed by atoms with Crippen molar-refractivity contribution in [3.63, 3.8) is 0 Å². The van der Waals surface area contributed by atoms with Crippen molar-refractivity contribution in [3.05, 3.63) is 57.0 Å². The zero-order valence-electron chi connectivity index (χ0n) is 13.0. The van der Waals surface area contributed by atoms with E-state index in [1.54, 1.807) is 0 Å². The maximum Gasteiger partial charge on any atom is 0.319 e. The van der Waals surface area contributed by atoms with Gasteiger partial charge in [-0.25, -0.2) is 4.79 Å². The van der Waals surface area contributed by atoms with Crippen LogP contribution in [0.2, 0.25) is 5.02 Å². The van der Waals surface area contributed by atoms with Gasteiger partial charge in [-0.15, -0.1) is 0 Å². The Labute approximate surface area is 149 Å². The standard InChI is InChI=1S/C17H18BrClN2O2/c1-11-9-15(10-12(2)16(11)19)23-8-7-20-17(22)21-14-5-3-13(18)4-6-14/h3-6,9-10H,7-8H2,1-2H3,(H2,20,21,22). The fourth-order valence-corrected chi connectivity index (χ4v) is 2.40. The Morgan fingerprint density at radius 2 is 1.78 bits per heavy atom. The molecule has 2 aromatic rings. The van der Waals surface area contributed by atoms with Crippen LogP contribution in [0.3, 0.4) is 0 Å². The average Bonchev–Trinajstić information content (AvgIpc) is 2.51. The lowest BCUT2D eigenvalue weighted by molar-refractivity contribution is 0.247. The summed E-state index contributed by atoms with van der Waals surface area (Å²) >= 11 is 9.46. The number of anilines is 1. The molecular weight excluding hydrogens is 380 g/mol. The number of hydrogen-bond donors (Lipinski definition) is 2. The molecule has 0 spiro atoms. The number of hydrogen-bond acceptors (Lipinski definition) is 2. The molecule has 2 N–H and O–H groups in total. The van der Waals surface area contributed by atoms with Crippen LogP contribution in [0.15, 0.2) is 40.9 Å². The number of nitrogens with one attached hydrogen (secondary N) is 2. The van der Waals surface area contributed by atoms with E-state index in [1.165, 1.54) is 0 Å². The van der Waals surface area contributed by atoms with Gasteiger partial charge in [-0.05, 0) is 61.4 Å². The summed E-state index contributed by atoms with van der Waals surface area (Å²) in [6.07, 6.45) is 0. The topological polar surface area (TPSA) is 50.4 Å². The predicted molar refractivity (Wildman–Crippen MR) is 97.6 cm³/mol. The molecule has 0 saturated heterocycles. The summed E-state index contributed by atoms with van der Waals surface area (Å²) in [5.74, 6) is 0.750. The van der Waals surface area contributed by atoms with Gasteiger partial charge in [-0.2, -0.15) is 0 Å². The Hall–Kier alpha value is -1.72. The van der Waals surface area contributed by atoms with Crippen molar-refractivity contribution in [2.75, 3.05) is 18.5 Å². The fraction of sp³-hybridized carbons (Fsp3) is 0.235. The van der Waals surface area contributed by atoms with Gasteiger partial charge in [0.25, 0.3) is 0 Å².